The second-order valence-corrected chi connectivity index (χ2v) is 6.81. The number of aromatic nitrogens is 1. The number of nitrogen functional groups attached to an aromatic ring is 1. The molecule has 1 aromatic carbocycles. The Morgan fingerprint density at radius 2 is 2.21 bits per heavy atom. The van der Waals surface area contributed by atoms with Crippen LogP contribution in [0.4, 0.5) is 5.69 Å². The fourth-order valence-electron chi connectivity index (χ4n) is 1.52. The quantitative estimate of drug-likeness (QED) is 0.846. The van der Waals surface area contributed by atoms with Crippen LogP contribution in [0.1, 0.15) is 11.3 Å². The van der Waals surface area contributed by atoms with E-state index in [4.69, 9.17) is 17.3 Å². The zero-order valence-corrected chi connectivity index (χ0v) is 12.4. The molecule has 0 aliphatic carbocycles. The van der Waals surface area contributed by atoms with Crippen molar-refractivity contribution in [3.8, 4) is 0 Å². The van der Waals surface area contributed by atoms with E-state index in [1.807, 2.05) is 0 Å². The monoisotopic (exact) mass is 317 g/mol. The highest BCUT2D eigenvalue weighted by Crippen LogP contribution is 2.25. The second kappa shape index (κ2) is 5.46. The lowest BCUT2D eigenvalue weighted by Crippen LogP contribution is -2.24. The average molecular weight is 318 g/mol. The lowest BCUT2D eigenvalue weighted by Gasteiger charge is -2.11. The highest BCUT2D eigenvalue weighted by Gasteiger charge is 2.19. The Morgan fingerprint density at radius 3 is 2.84 bits per heavy atom. The first kappa shape index (κ1) is 14.3. The summed E-state index contributed by atoms with van der Waals surface area (Å²) in [4.78, 5) is 4.10. The third-order valence-corrected chi connectivity index (χ3v) is 4.96. The maximum Gasteiger partial charge on any atom is 0.241 e. The van der Waals surface area contributed by atoms with Gasteiger partial charge in [-0.3, -0.25) is 0 Å². The van der Waals surface area contributed by atoms with Gasteiger partial charge in [0.15, 0.2) is 0 Å². The summed E-state index contributed by atoms with van der Waals surface area (Å²) in [5.74, 6) is 0. The van der Waals surface area contributed by atoms with E-state index >= 15 is 0 Å². The maximum absolute atomic E-state index is 12.2. The third-order valence-electron chi connectivity index (χ3n) is 2.58. The molecule has 1 heterocycles. The van der Waals surface area contributed by atoms with E-state index < -0.39 is 10.0 Å². The number of thiazole rings is 1. The van der Waals surface area contributed by atoms with Crippen molar-refractivity contribution in [1.29, 1.82) is 0 Å². The number of hydrogen-bond acceptors (Lipinski definition) is 5. The Morgan fingerprint density at radius 1 is 1.47 bits per heavy atom. The van der Waals surface area contributed by atoms with Crippen molar-refractivity contribution in [2.75, 3.05) is 5.73 Å². The molecule has 0 fully saturated rings. The molecule has 5 nitrogen and oxygen atoms in total. The van der Waals surface area contributed by atoms with Crippen LogP contribution in [0.15, 0.2) is 27.9 Å². The maximum atomic E-state index is 12.2. The highest BCUT2D eigenvalue weighted by atomic mass is 35.5. The average Bonchev–Trinajstić information content (AvgIpc) is 2.84. The molecule has 0 unspecified atom stereocenters. The number of nitrogens with zero attached hydrogens (tertiary/aromatic N) is 1. The summed E-state index contributed by atoms with van der Waals surface area (Å²) in [7, 11) is -3.66. The molecule has 0 radical (unpaired) electrons. The van der Waals surface area contributed by atoms with Crippen molar-refractivity contribution in [1.82, 2.24) is 9.71 Å². The fraction of sp³-hybridized carbons (Fsp3) is 0.182. The van der Waals surface area contributed by atoms with Crippen molar-refractivity contribution in [2.45, 2.75) is 18.4 Å². The molecule has 0 bridgehead atoms. The minimum Gasteiger partial charge on any atom is -0.398 e. The zero-order chi connectivity index (χ0) is 14.0. The molecule has 102 valence electrons. The van der Waals surface area contributed by atoms with E-state index in [0.717, 1.165) is 0 Å². The Hall–Kier alpha value is -1.15. The topological polar surface area (TPSA) is 85.1 Å². The van der Waals surface area contributed by atoms with E-state index in [1.54, 1.807) is 17.8 Å². The zero-order valence-electron chi connectivity index (χ0n) is 10.1. The van der Waals surface area contributed by atoms with Gasteiger partial charge in [0.1, 0.15) is 0 Å². The molecule has 0 amide bonds. The molecule has 0 saturated heterocycles. The molecule has 0 saturated carbocycles. The number of benzene rings is 1. The smallest absolute Gasteiger partial charge is 0.241 e. The Kier molecular flexibility index (Phi) is 4.10. The van der Waals surface area contributed by atoms with Gasteiger partial charge in [-0.25, -0.2) is 18.1 Å². The normalized spacial score (nSPS) is 11.7. The summed E-state index contributed by atoms with van der Waals surface area (Å²) >= 11 is 7.25. The van der Waals surface area contributed by atoms with Crippen LogP contribution in [0.2, 0.25) is 5.02 Å². The van der Waals surface area contributed by atoms with E-state index in [2.05, 4.69) is 9.71 Å². The summed E-state index contributed by atoms with van der Waals surface area (Å²) in [6, 6.07) is 2.91. The number of rotatable bonds is 4. The molecule has 19 heavy (non-hydrogen) atoms. The first-order valence-electron chi connectivity index (χ1n) is 5.32. The van der Waals surface area contributed by atoms with Gasteiger partial charge >= 0.3 is 0 Å². The molecule has 2 rings (SSSR count). The first-order valence-corrected chi connectivity index (χ1v) is 8.13. The largest absolute Gasteiger partial charge is 0.398 e. The summed E-state index contributed by atoms with van der Waals surface area (Å²) in [5.41, 5.74) is 8.86. The van der Waals surface area contributed by atoms with Gasteiger partial charge in [-0.05, 0) is 24.6 Å². The van der Waals surface area contributed by atoms with Crippen molar-refractivity contribution < 1.29 is 8.42 Å². The molecule has 0 aliphatic rings. The van der Waals surface area contributed by atoms with Gasteiger partial charge in [0.2, 0.25) is 10.0 Å². The van der Waals surface area contributed by atoms with Gasteiger partial charge in [-0.15, -0.1) is 11.3 Å². The van der Waals surface area contributed by atoms with E-state index in [-0.39, 0.29) is 16.5 Å². The molecule has 0 spiro atoms. The van der Waals surface area contributed by atoms with Crippen LogP contribution in [0.25, 0.3) is 0 Å². The molecule has 3 N–H and O–H groups in total. The van der Waals surface area contributed by atoms with Gasteiger partial charge in [-0.1, -0.05) is 11.6 Å². The molecule has 1 aromatic heterocycles. The molecule has 2 aromatic rings. The number of halogens is 1. The van der Waals surface area contributed by atoms with Crippen LogP contribution >= 0.6 is 22.9 Å². The van der Waals surface area contributed by atoms with Gasteiger partial charge < -0.3 is 5.73 Å². The van der Waals surface area contributed by atoms with Gasteiger partial charge in [-0.2, -0.15) is 0 Å². The Balaban J connectivity index is 2.29. The van der Waals surface area contributed by atoms with E-state index in [0.29, 0.717) is 16.9 Å². The first-order chi connectivity index (χ1) is 8.90. The van der Waals surface area contributed by atoms with Crippen molar-refractivity contribution in [3.63, 3.8) is 0 Å². The molecular weight excluding hydrogens is 306 g/mol. The SMILES string of the molecule is Cc1c(N)cc(Cl)cc1S(=O)(=O)NCc1cscn1. The van der Waals surface area contributed by atoms with Crippen LogP contribution in [0, 0.1) is 6.92 Å². The van der Waals surface area contributed by atoms with Crippen molar-refractivity contribution in [3.05, 3.63) is 39.3 Å². The third kappa shape index (κ3) is 3.24. The van der Waals surface area contributed by atoms with Crippen LogP contribution in [-0.4, -0.2) is 13.4 Å². The van der Waals surface area contributed by atoms with Crippen LogP contribution in [-0.2, 0) is 16.6 Å². The lowest BCUT2D eigenvalue weighted by molar-refractivity contribution is 0.580. The molecule has 0 aliphatic heterocycles. The number of nitrogens with two attached hydrogens (primary N) is 1. The number of nitrogens with one attached hydrogen (secondary N) is 1. The Labute approximate surface area is 120 Å². The van der Waals surface area contributed by atoms with Gasteiger partial charge in [0, 0.05) is 16.1 Å². The standard InChI is InChI=1S/C11H12ClN3O2S2/c1-7-10(13)2-8(12)3-11(7)19(16,17)15-4-9-5-18-6-14-9/h2-3,5-6,15H,4,13H2,1H3. The van der Waals surface area contributed by atoms with Crippen LogP contribution in [0.3, 0.4) is 0 Å². The summed E-state index contributed by atoms with van der Waals surface area (Å²) < 4.78 is 26.9. The number of anilines is 1. The number of hydrogen-bond donors (Lipinski definition) is 2. The predicted octanol–water partition coefficient (Wildman–Crippen LogP) is 2.17. The van der Waals surface area contributed by atoms with Crippen LogP contribution in [0.5, 0.6) is 0 Å². The van der Waals surface area contributed by atoms with E-state index in [9.17, 15) is 8.42 Å². The fourth-order valence-corrected chi connectivity index (χ4v) is 3.67. The second-order valence-electron chi connectivity index (χ2n) is 3.92. The van der Waals surface area contributed by atoms with Crippen molar-refractivity contribution in [2.24, 2.45) is 0 Å². The minimum absolute atomic E-state index is 0.0905. The molecule has 0 atom stereocenters. The summed E-state index contributed by atoms with van der Waals surface area (Å²) in [5, 5.41) is 2.07. The minimum atomic E-state index is -3.66. The van der Waals surface area contributed by atoms with Gasteiger partial charge in [0.05, 0.1) is 22.6 Å². The molecular formula is C11H12ClN3O2S2. The van der Waals surface area contributed by atoms with E-state index in [1.165, 1.54) is 23.5 Å². The summed E-state index contributed by atoms with van der Waals surface area (Å²) in [6.45, 7) is 1.78. The summed E-state index contributed by atoms with van der Waals surface area (Å²) in [6.07, 6.45) is 0. The molecule has 8 heteroatoms. The lowest BCUT2D eigenvalue weighted by atomic mass is 10.2. The van der Waals surface area contributed by atoms with Gasteiger partial charge in [0.25, 0.3) is 0 Å². The predicted molar refractivity (Wildman–Crippen MR) is 76.7 cm³/mol. The Bertz CT molecular complexity index is 684. The van der Waals surface area contributed by atoms with Crippen molar-refractivity contribution >= 4 is 38.6 Å². The number of sulfonamides is 1. The highest BCUT2D eigenvalue weighted by molar-refractivity contribution is 7.89. The van der Waals surface area contributed by atoms with Crippen LogP contribution < -0.4 is 10.5 Å².